The highest BCUT2D eigenvalue weighted by Gasteiger charge is 2.16. The fourth-order valence-corrected chi connectivity index (χ4v) is 2.65. The summed E-state index contributed by atoms with van der Waals surface area (Å²) in [6.07, 6.45) is 2.88. The van der Waals surface area contributed by atoms with Gasteiger partial charge in [-0.1, -0.05) is 46.5 Å². The summed E-state index contributed by atoms with van der Waals surface area (Å²) < 4.78 is 5.78. The van der Waals surface area contributed by atoms with Gasteiger partial charge in [-0.2, -0.15) is 0 Å². The summed E-state index contributed by atoms with van der Waals surface area (Å²) in [6.45, 7) is 4.06. The molecule has 0 N–H and O–H groups in total. The van der Waals surface area contributed by atoms with Gasteiger partial charge in [-0.05, 0) is 31.6 Å². The third-order valence-electron chi connectivity index (χ3n) is 2.53. The van der Waals surface area contributed by atoms with Crippen LogP contribution in [-0.4, -0.2) is 0 Å². The molecule has 0 amide bonds. The van der Waals surface area contributed by atoms with Gasteiger partial charge in [0.25, 0.3) is 0 Å². The molecule has 0 saturated heterocycles. The van der Waals surface area contributed by atoms with Crippen LogP contribution in [0.3, 0.4) is 0 Å². The normalized spacial score (nSPS) is 15.2. The molecule has 0 radical (unpaired) electrons. The quantitative estimate of drug-likeness (QED) is 0.683. The lowest BCUT2D eigenvalue weighted by molar-refractivity contribution is 0.413. The van der Waals surface area contributed by atoms with Crippen molar-refractivity contribution in [2.75, 3.05) is 0 Å². The van der Waals surface area contributed by atoms with Crippen molar-refractivity contribution in [3.63, 3.8) is 0 Å². The summed E-state index contributed by atoms with van der Waals surface area (Å²) >= 11 is 18.0. The van der Waals surface area contributed by atoms with E-state index >= 15 is 0 Å². The molecule has 17 heavy (non-hydrogen) atoms. The van der Waals surface area contributed by atoms with E-state index in [-0.39, 0.29) is 0 Å². The second-order valence-corrected chi connectivity index (χ2v) is 5.33. The SMILES string of the molecule is CC1=CC(C)=C(Oc2c(Cl)cc(Cl)cc2Cl)C1. The van der Waals surface area contributed by atoms with Crippen molar-refractivity contribution in [2.45, 2.75) is 20.3 Å². The molecule has 0 fully saturated rings. The zero-order valence-electron chi connectivity index (χ0n) is 9.48. The van der Waals surface area contributed by atoms with Gasteiger partial charge in [0.1, 0.15) is 5.76 Å². The van der Waals surface area contributed by atoms with Crippen molar-refractivity contribution in [1.82, 2.24) is 0 Å². The molecular weight excluding hydrogens is 279 g/mol. The number of hydrogen-bond acceptors (Lipinski definition) is 1. The Kier molecular flexibility index (Phi) is 3.72. The Labute approximate surface area is 116 Å². The third-order valence-corrected chi connectivity index (χ3v) is 3.31. The topological polar surface area (TPSA) is 9.23 Å². The van der Waals surface area contributed by atoms with Gasteiger partial charge < -0.3 is 4.74 Å². The van der Waals surface area contributed by atoms with Gasteiger partial charge in [-0.3, -0.25) is 0 Å². The van der Waals surface area contributed by atoms with E-state index in [2.05, 4.69) is 13.0 Å². The third kappa shape index (κ3) is 2.79. The van der Waals surface area contributed by atoms with Gasteiger partial charge in [-0.25, -0.2) is 0 Å². The van der Waals surface area contributed by atoms with Gasteiger partial charge in [0, 0.05) is 11.4 Å². The maximum Gasteiger partial charge on any atom is 0.164 e. The molecule has 0 spiro atoms. The van der Waals surface area contributed by atoms with Crippen LogP contribution >= 0.6 is 34.8 Å². The highest BCUT2D eigenvalue weighted by Crippen LogP contribution is 2.39. The number of halogens is 3. The van der Waals surface area contributed by atoms with Crippen LogP contribution in [0.2, 0.25) is 15.1 Å². The Hall–Kier alpha value is -0.630. The van der Waals surface area contributed by atoms with E-state index in [1.165, 1.54) is 5.57 Å². The standard InChI is InChI=1S/C13H11Cl3O/c1-7-3-8(2)12(4-7)17-13-10(15)5-9(14)6-11(13)16/h3,5-6H,4H2,1-2H3. The van der Waals surface area contributed by atoms with Crippen LogP contribution in [0.25, 0.3) is 0 Å². The van der Waals surface area contributed by atoms with Crippen molar-refractivity contribution in [2.24, 2.45) is 0 Å². The zero-order chi connectivity index (χ0) is 12.6. The monoisotopic (exact) mass is 288 g/mol. The Bertz CT molecular complexity index is 506. The van der Waals surface area contributed by atoms with Crippen LogP contribution in [0, 0.1) is 0 Å². The molecule has 1 nitrogen and oxygen atoms in total. The molecule has 0 aromatic heterocycles. The average Bonchev–Trinajstić information content (AvgIpc) is 2.51. The fourth-order valence-electron chi connectivity index (χ4n) is 1.76. The minimum atomic E-state index is 0.423. The van der Waals surface area contributed by atoms with Crippen molar-refractivity contribution in [3.8, 4) is 5.75 Å². The largest absolute Gasteiger partial charge is 0.458 e. The Balaban J connectivity index is 2.30. The molecule has 2 rings (SSSR count). The van der Waals surface area contributed by atoms with Crippen LogP contribution < -0.4 is 4.74 Å². The van der Waals surface area contributed by atoms with E-state index in [4.69, 9.17) is 39.5 Å². The van der Waals surface area contributed by atoms with Crippen LogP contribution in [0.15, 0.2) is 35.1 Å². The minimum Gasteiger partial charge on any atom is -0.458 e. The van der Waals surface area contributed by atoms with Gasteiger partial charge in [0.05, 0.1) is 10.0 Å². The van der Waals surface area contributed by atoms with E-state index in [1.807, 2.05) is 6.92 Å². The van der Waals surface area contributed by atoms with Crippen LogP contribution in [-0.2, 0) is 0 Å². The lowest BCUT2D eigenvalue weighted by Crippen LogP contribution is -1.96. The van der Waals surface area contributed by atoms with E-state index in [9.17, 15) is 0 Å². The van der Waals surface area contributed by atoms with E-state index in [1.54, 1.807) is 12.1 Å². The van der Waals surface area contributed by atoms with Gasteiger partial charge in [0.2, 0.25) is 0 Å². The molecule has 0 atom stereocenters. The van der Waals surface area contributed by atoms with E-state index < -0.39 is 0 Å². The van der Waals surface area contributed by atoms with Crippen LogP contribution in [0.1, 0.15) is 20.3 Å². The van der Waals surface area contributed by atoms with Crippen molar-refractivity contribution in [3.05, 3.63) is 50.2 Å². The summed E-state index contributed by atoms with van der Waals surface area (Å²) in [4.78, 5) is 0. The van der Waals surface area contributed by atoms with Gasteiger partial charge in [-0.15, -0.1) is 0 Å². The smallest absolute Gasteiger partial charge is 0.164 e. The van der Waals surface area contributed by atoms with Crippen molar-refractivity contribution in [1.29, 1.82) is 0 Å². The summed E-state index contributed by atoms with van der Waals surface area (Å²) in [6, 6.07) is 3.24. The zero-order valence-corrected chi connectivity index (χ0v) is 11.7. The predicted molar refractivity (Wildman–Crippen MR) is 73.2 cm³/mol. The number of ether oxygens (including phenoxy) is 1. The Morgan fingerprint density at radius 1 is 1.06 bits per heavy atom. The first-order valence-electron chi connectivity index (χ1n) is 5.16. The lowest BCUT2D eigenvalue weighted by Gasteiger charge is -2.12. The molecule has 0 aliphatic heterocycles. The molecular formula is C13H11Cl3O. The van der Waals surface area contributed by atoms with Crippen molar-refractivity contribution >= 4 is 34.8 Å². The highest BCUT2D eigenvalue weighted by molar-refractivity contribution is 6.40. The Morgan fingerprint density at radius 3 is 2.12 bits per heavy atom. The molecule has 1 aromatic rings. The Morgan fingerprint density at radius 2 is 1.65 bits per heavy atom. The summed E-state index contributed by atoms with van der Waals surface area (Å²) in [5, 5.41) is 1.35. The van der Waals surface area contributed by atoms with E-state index in [0.29, 0.717) is 20.8 Å². The molecule has 4 heteroatoms. The molecule has 0 bridgehead atoms. The summed E-state index contributed by atoms with van der Waals surface area (Å²) in [5.74, 6) is 1.35. The number of hydrogen-bond donors (Lipinski definition) is 0. The van der Waals surface area contributed by atoms with Crippen LogP contribution in [0.5, 0.6) is 5.75 Å². The molecule has 0 saturated carbocycles. The molecule has 90 valence electrons. The number of allylic oxidation sites excluding steroid dienone is 3. The maximum atomic E-state index is 6.06. The van der Waals surface area contributed by atoms with Gasteiger partial charge >= 0.3 is 0 Å². The average molecular weight is 290 g/mol. The minimum absolute atomic E-state index is 0.423. The van der Waals surface area contributed by atoms with Gasteiger partial charge in [0.15, 0.2) is 5.75 Å². The highest BCUT2D eigenvalue weighted by atomic mass is 35.5. The number of benzene rings is 1. The lowest BCUT2D eigenvalue weighted by atomic mass is 10.2. The number of rotatable bonds is 2. The van der Waals surface area contributed by atoms with E-state index in [0.717, 1.165) is 17.8 Å². The first kappa shape index (κ1) is 12.8. The first-order valence-corrected chi connectivity index (χ1v) is 6.30. The molecule has 1 aliphatic rings. The summed E-state index contributed by atoms with van der Waals surface area (Å²) in [5.41, 5.74) is 2.36. The predicted octanol–water partition coefficient (Wildman–Crippen LogP) is 5.65. The molecule has 0 heterocycles. The molecule has 1 aliphatic carbocycles. The molecule has 0 unspecified atom stereocenters. The maximum absolute atomic E-state index is 6.06. The van der Waals surface area contributed by atoms with Crippen LogP contribution in [0.4, 0.5) is 0 Å². The summed E-state index contributed by atoms with van der Waals surface area (Å²) in [7, 11) is 0. The molecule has 1 aromatic carbocycles. The fraction of sp³-hybridized carbons (Fsp3) is 0.231. The second kappa shape index (κ2) is 4.93. The first-order chi connectivity index (χ1) is 7.97. The second-order valence-electron chi connectivity index (χ2n) is 4.07. The van der Waals surface area contributed by atoms with Crippen molar-refractivity contribution < 1.29 is 4.74 Å².